The largest absolute Gasteiger partial charge is 0.365 e. The fourth-order valence-electron chi connectivity index (χ4n) is 2.41. The van der Waals surface area contributed by atoms with Crippen LogP contribution in [-0.4, -0.2) is 21.2 Å². The number of hydrogen-bond acceptors (Lipinski definition) is 4. The Labute approximate surface area is 127 Å². The highest BCUT2D eigenvalue weighted by atomic mass is 16.6. The Kier molecular flexibility index (Phi) is 7.19. The van der Waals surface area contributed by atoms with Crippen LogP contribution in [0, 0.1) is 10.1 Å². The van der Waals surface area contributed by atoms with Crippen molar-refractivity contribution in [2.75, 3.05) is 11.9 Å². The van der Waals surface area contributed by atoms with E-state index >= 15 is 0 Å². The second-order valence-electron chi connectivity index (χ2n) is 5.81. The number of unbranched alkanes of at least 4 members (excludes halogenated alkanes) is 5. The number of anilines is 1. The first-order chi connectivity index (χ1) is 9.99. The van der Waals surface area contributed by atoms with Gasteiger partial charge in [0.2, 0.25) is 5.82 Å². The van der Waals surface area contributed by atoms with E-state index in [0.717, 1.165) is 19.4 Å². The van der Waals surface area contributed by atoms with Crippen LogP contribution in [0.5, 0.6) is 0 Å². The molecule has 0 fully saturated rings. The van der Waals surface area contributed by atoms with Gasteiger partial charge in [0.15, 0.2) is 0 Å². The number of rotatable bonds is 10. The minimum atomic E-state index is -0.327. The Morgan fingerprint density at radius 3 is 2.43 bits per heavy atom. The van der Waals surface area contributed by atoms with Crippen molar-refractivity contribution in [1.29, 1.82) is 0 Å². The fraction of sp³-hybridized carbons (Fsp3) is 0.800. The smallest absolute Gasteiger partial charge is 0.334 e. The van der Waals surface area contributed by atoms with Gasteiger partial charge in [-0.3, -0.25) is 10.1 Å². The molecule has 1 N–H and O–H groups in total. The Hall–Kier alpha value is -1.59. The molecule has 0 radical (unpaired) electrons. The third-order valence-corrected chi connectivity index (χ3v) is 3.60. The number of nitro groups is 1. The van der Waals surface area contributed by atoms with Crippen molar-refractivity contribution in [3.05, 3.63) is 15.8 Å². The molecular weight excluding hydrogens is 268 g/mol. The van der Waals surface area contributed by atoms with Gasteiger partial charge in [-0.05, 0) is 6.42 Å². The van der Waals surface area contributed by atoms with E-state index in [-0.39, 0.29) is 16.5 Å². The quantitative estimate of drug-likeness (QED) is 0.398. The maximum Gasteiger partial charge on any atom is 0.334 e. The van der Waals surface area contributed by atoms with E-state index in [4.69, 9.17) is 0 Å². The monoisotopic (exact) mass is 296 g/mol. The third-order valence-electron chi connectivity index (χ3n) is 3.60. The van der Waals surface area contributed by atoms with Crippen LogP contribution < -0.4 is 5.32 Å². The molecule has 1 aromatic heterocycles. The molecule has 0 unspecified atom stereocenters. The Balaban J connectivity index is 2.56. The molecule has 1 rings (SSSR count). The van der Waals surface area contributed by atoms with E-state index in [0.29, 0.717) is 11.5 Å². The summed E-state index contributed by atoms with van der Waals surface area (Å²) in [6.45, 7) is 6.80. The van der Waals surface area contributed by atoms with Crippen molar-refractivity contribution in [3.8, 4) is 0 Å². The van der Waals surface area contributed by atoms with E-state index < -0.39 is 0 Å². The summed E-state index contributed by atoms with van der Waals surface area (Å²) in [7, 11) is 1.75. The molecule has 0 spiro atoms. The van der Waals surface area contributed by atoms with Crippen LogP contribution >= 0.6 is 0 Å². The van der Waals surface area contributed by atoms with Crippen molar-refractivity contribution in [2.24, 2.45) is 7.05 Å². The summed E-state index contributed by atoms with van der Waals surface area (Å²) in [5.41, 5.74) is 0.673. The van der Waals surface area contributed by atoms with Crippen molar-refractivity contribution >= 4 is 11.5 Å². The maximum absolute atomic E-state index is 11.3. The molecule has 0 aliphatic rings. The summed E-state index contributed by atoms with van der Waals surface area (Å²) >= 11 is 0. The van der Waals surface area contributed by atoms with E-state index in [9.17, 15) is 10.1 Å². The van der Waals surface area contributed by atoms with Crippen LogP contribution in [0.4, 0.5) is 11.5 Å². The van der Waals surface area contributed by atoms with Crippen LogP contribution in [0.1, 0.15) is 70.9 Å². The van der Waals surface area contributed by atoms with Gasteiger partial charge in [0.1, 0.15) is 5.69 Å². The number of nitrogens with one attached hydrogen (secondary N) is 1. The van der Waals surface area contributed by atoms with Crippen LogP contribution in [0.25, 0.3) is 0 Å². The molecule has 0 aliphatic carbocycles. The summed E-state index contributed by atoms with van der Waals surface area (Å²) in [6.07, 6.45) is 7.24. The molecule has 0 amide bonds. The first-order valence-electron chi connectivity index (χ1n) is 7.94. The van der Waals surface area contributed by atoms with Crippen LogP contribution in [0.15, 0.2) is 0 Å². The summed E-state index contributed by atoms with van der Waals surface area (Å²) < 4.78 is 1.59. The summed E-state index contributed by atoms with van der Waals surface area (Å²) in [5.74, 6) is 0.568. The lowest BCUT2D eigenvalue weighted by atomic mass is 10.1. The molecule has 6 heteroatoms. The summed E-state index contributed by atoms with van der Waals surface area (Å²) in [5, 5.41) is 18.8. The van der Waals surface area contributed by atoms with E-state index in [1.54, 1.807) is 11.7 Å². The highest BCUT2D eigenvalue weighted by molar-refractivity contribution is 5.60. The number of nitrogens with zero attached hydrogens (tertiary/aromatic N) is 3. The Morgan fingerprint density at radius 1 is 1.24 bits per heavy atom. The van der Waals surface area contributed by atoms with Gasteiger partial charge in [-0.2, -0.15) is 5.10 Å². The van der Waals surface area contributed by atoms with E-state index in [1.807, 2.05) is 13.8 Å². The van der Waals surface area contributed by atoms with Gasteiger partial charge in [0, 0.05) is 19.5 Å². The van der Waals surface area contributed by atoms with Crippen molar-refractivity contribution in [3.63, 3.8) is 0 Å². The van der Waals surface area contributed by atoms with E-state index in [2.05, 4.69) is 17.3 Å². The molecule has 1 heterocycles. The second-order valence-corrected chi connectivity index (χ2v) is 5.81. The fourth-order valence-corrected chi connectivity index (χ4v) is 2.41. The number of aromatic nitrogens is 2. The lowest BCUT2D eigenvalue weighted by Crippen LogP contribution is -2.08. The molecule has 1 aromatic rings. The van der Waals surface area contributed by atoms with Gasteiger partial charge in [-0.15, -0.1) is 0 Å². The molecule has 0 aromatic carbocycles. The predicted octanol–water partition coefficient (Wildman–Crippen LogP) is 4.22. The summed E-state index contributed by atoms with van der Waals surface area (Å²) in [4.78, 5) is 11.0. The number of hydrogen-bond donors (Lipinski definition) is 1. The Bertz CT molecular complexity index is 455. The molecular formula is C15H28N4O2. The van der Waals surface area contributed by atoms with Crippen molar-refractivity contribution in [1.82, 2.24) is 9.78 Å². The summed E-state index contributed by atoms with van der Waals surface area (Å²) in [6, 6.07) is 0. The molecule has 0 saturated carbocycles. The predicted molar refractivity (Wildman–Crippen MR) is 85.8 cm³/mol. The average molecular weight is 296 g/mol. The highest BCUT2D eigenvalue weighted by Crippen LogP contribution is 2.32. The lowest BCUT2D eigenvalue weighted by Gasteiger charge is -2.06. The zero-order chi connectivity index (χ0) is 15.8. The lowest BCUT2D eigenvalue weighted by molar-refractivity contribution is -0.384. The highest BCUT2D eigenvalue weighted by Gasteiger charge is 2.27. The average Bonchev–Trinajstić information content (AvgIpc) is 2.75. The second kappa shape index (κ2) is 8.64. The van der Waals surface area contributed by atoms with E-state index in [1.165, 1.54) is 25.7 Å². The van der Waals surface area contributed by atoms with Gasteiger partial charge in [-0.1, -0.05) is 52.9 Å². The maximum atomic E-state index is 11.3. The molecule has 120 valence electrons. The van der Waals surface area contributed by atoms with Gasteiger partial charge in [-0.25, -0.2) is 4.68 Å². The van der Waals surface area contributed by atoms with Crippen molar-refractivity contribution < 1.29 is 4.92 Å². The molecule has 21 heavy (non-hydrogen) atoms. The van der Waals surface area contributed by atoms with Crippen LogP contribution in [-0.2, 0) is 7.05 Å². The number of aryl methyl sites for hydroxylation is 1. The third kappa shape index (κ3) is 5.02. The zero-order valence-corrected chi connectivity index (χ0v) is 13.7. The first-order valence-corrected chi connectivity index (χ1v) is 7.94. The molecule has 0 bridgehead atoms. The minimum absolute atomic E-state index is 0.0428. The topological polar surface area (TPSA) is 73.0 Å². The minimum Gasteiger partial charge on any atom is -0.365 e. The zero-order valence-electron chi connectivity index (χ0n) is 13.7. The standard InChI is InChI=1S/C15H28N4O2/c1-5-6-7-8-9-10-11-16-15-14(19(20)21)13(12(2)3)17-18(15)4/h12,16H,5-11H2,1-4H3. The normalized spacial score (nSPS) is 11.1. The van der Waals surface area contributed by atoms with Crippen molar-refractivity contribution in [2.45, 2.75) is 65.2 Å². The van der Waals surface area contributed by atoms with Gasteiger partial charge >= 0.3 is 5.69 Å². The molecule has 0 atom stereocenters. The van der Waals surface area contributed by atoms with Gasteiger partial charge < -0.3 is 5.32 Å². The van der Waals surface area contributed by atoms with Crippen LogP contribution in [0.2, 0.25) is 0 Å². The molecule has 0 saturated heterocycles. The molecule has 0 aliphatic heterocycles. The van der Waals surface area contributed by atoms with Gasteiger partial charge in [0.05, 0.1) is 4.92 Å². The first kappa shape index (κ1) is 17.5. The van der Waals surface area contributed by atoms with Gasteiger partial charge in [0.25, 0.3) is 0 Å². The Morgan fingerprint density at radius 2 is 1.86 bits per heavy atom. The molecule has 6 nitrogen and oxygen atoms in total. The van der Waals surface area contributed by atoms with Crippen LogP contribution in [0.3, 0.4) is 0 Å². The SMILES string of the molecule is CCCCCCCCNc1c([N+](=O)[O-])c(C(C)C)nn1C.